The number of carboxylic acid groups (broad SMARTS) is 1. The zero-order valence-corrected chi connectivity index (χ0v) is 18.1. The van der Waals surface area contributed by atoms with E-state index in [-0.39, 0.29) is 30.9 Å². The Morgan fingerprint density at radius 3 is 2.26 bits per heavy atom. The van der Waals surface area contributed by atoms with Gasteiger partial charge in [-0.15, -0.1) is 0 Å². The molecule has 0 saturated carbocycles. The fourth-order valence-electron chi connectivity index (χ4n) is 3.37. The Balaban J connectivity index is 1.56. The molecule has 34 heavy (non-hydrogen) atoms. The average Bonchev–Trinajstić information content (AvgIpc) is 2.80. The van der Waals surface area contributed by atoms with Crippen LogP contribution in [0.1, 0.15) is 28.8 Å². The first-order valence-electron chi connectivity index (χ1n) is 10.5. The van der Waals surface area contributed by atoms with E-state index in [1.54, 1.807) is 30.3 Å². The highest BCUT2D eigenvalue weighted by atomic mass is 16.4. The lowest BCUT2D eigenvalue weighted by Crippen LogP contribution is -2.25. The van der Waals surface area contributed by atoms with Crippen LogP contribution in [0.15, 0.2) is 60.7 Å². The van der Waals surface area contributed by atoms with E-state index in [1.165, 1.54) is 0 Å². The molecule has 3 rings (SSSR count). The smallest absolute Gasteiger partial charge is 0.307 e. The molecule has 0 fully saturated rings. The van der Waals surface area contributed by atoms with Gasteiger partial charge in [0.1, 0.15) is 0 Å². The monoisotopic (exact) mass is 464 g/mol. The second-order valence-electron chi connectivity index (χ2n) is 7.59. The van der Waals surface area contributed by atoms with E-state index in [0.717, 1.165) is 23.3 Å². The van der Waals surface area contributed by atoms with E-state index in [2.05, 4.69) is 10.6 Å². The lowest BCUT2D eigenvalue weighted by Gasteiger charge is -2.12. The summed E-state index contributed by atoms with van der Waals surface area (Å²) in [7, 11) is 0. The number of hydrogen-bond donors (Lipinski definition) is 6. The van der Waals surface area contributed by atoms with Crippen molar-refractivity contribution in [1.82, 2.24) is 5.32 Å². The number of aliphatic carboxylic acids is 1. The van der Waals surface area contributed by atoms with E-state index >= 15 is 0 Å². The third-order valence-electron chi connectivity index (χ3n) is 4.99. The number of benzene rings is 3. The maximum absolute atomic E-state index is 12.5. The Kier molecular flexibility index (Phi) is 7.71. The molecule has 176 valence electrons. The van der Waals surface area contributed by atoms with E-state index in [1.807, 2.05) is 18.2 Å². The predicted octanol–water partition coefficient (Wildman–Crippen LogP) is 3.25. The summed E-state index contributed by atoms with van der Waals surface area (Å²) in [6.07, 6.45) is 0.362. The van der Waals surface area contributed by atoms with Crippen LogP contribution in [0.2, 0.25) is 0 Å². The number of carboxylic acids is 1. The molecule has 0 aliphatic rings. The first-order chi connectivity index (χ1) is 16.2. The second-order valence-corrected chi connectivity index (χ2v) is 7.59. The lowest BCUT2D eigenvalue weighted by atomic mass is 10.00. The number of rotatable bonds is 9. The van der Waals surface area contributed by atoms with Gasteiger partial charge in [-0.25, -0.2) is 0 Å². The van der Waals surface area contributed by atoms with Gasteiger partial charge in [-0.05, 0) is 35.7 Å². The molecule has 0 heterocycles. The zero-order valence-electron chi connectivity index (χ0n) is 18.1. The van der Waals surface area contributed by atoms with Gasteiger partial charge in [0.15, 0.2) is 17.2 Å². The molecule has 0 aliphatic heterocycles. The molecule has 2 amide bonds. The molecule has 0 atom stereocenters. The van der Waals surface area contributed by atoms with Crippen LogP contribution in [-0.2, 0) is 16.0 Å². The number of para-hydroxylation sites is 1. The lowest BCUT2D eigenvalue weighted by molar-refractivity contribution is -0.136. The predicted molar refractivity (Wildman–Crippen MR) is 125 cm³/mol. The number of phenols is 3. The third-order valence-corrected chi connectivity index (χ3v) is 4.99. The van der Waals surface area contributed by atoms with Crippen molar-refractivity contribution in [2.24, 2.45) is 0 Å². The number of phenolic OH excluding ortho intramolecular Hbond substituents is 3. The summed E-state index contributed by atoms with van der Waals surface area (Å²) in [5.41, 5.74) is 2.73. The topological polar surface area (TPSA) is 156 Å². The van der Waals surface area contributed by atoms with Gasteiger partial charge in [0, 0.05) is 29.8 Å². The number of nitrogens with one attached hydrogen (secondary N) is 2. The minimum atomic E-state index is -0.926. The summed E-state index contributed by atoms with van der Waals surface area (Å²) >= 11 is 0. The first kappa shape index (κ1) is 24.1. The third kappa shape index (κ3) is 6.26. The Morgan fingerprint density at radius 2 is 1.56 bits per heavy atom. The van der Waals surface area contributed by atoms with Crippen molar-refractivity contribution >= 4 is 23.5 Å². The minimum absolute atomic E-state index is 0.0312. The molecule has 0 aromatic heterocycles. The molecule has 3 aromatic rings. The van der Waals surface area contributed by atoms with Gasteiger partial charge in [0.2, 0.25) is 5.91 Å². The molecule has 0 aliphatic carbocycles. The molecule has 9 heteroatoms. The fourth-order valence-corrected chi connectivity index (χ4v) is 3.37. The summed E-state index contributed by atoms with van der Waals surface area (Å²) in [5, 5.41) is 42.8. The van der Waals surface area contributed by atoms with Gasteiger partial charge in [0.25, 0.3) is 5.91 Å². The van der Waals surface area contributed by atoms with Gasteiger partial charge in [0.05, 0.1) is 6.42 Å². The van der Waals surface area contributed by atoms with Crippen LogP contribution in [0.3, 0.4) is 0 Å². The highest BCUT2D eigenvalue weighted by molar-refractivity contribution is 5.96. The summed E-state index contributed by atoms with van der Waals surface area (Å²) in [5.74, 6) is -3.69. The molecule has 0 radical (unpaired) electrons. The van der Waals surface area contributed by atoms with Crippen molar-refractivity contribution in [1.29, 1.82) is 0 Å². The molecule has 0 spiro atoms. The number of carbonyl (C=O) groups excluding carboxylic acids is 2. The summed E-state index contributed by atoms with van der Waals surface area (Å²) < 4.78 is 0. The van der Waals surface area contributed by atoms with Gasteiger partial charge in [-0.1, -0.05) is 42.5 Å². The van der Waals surface area contributed by atoms with Gasteiger partial charge in [-0.3, -0.25) is 14.4 Å². The number of aromatic hydroxyl groups is 3. The fraction of sp³-hybridized carbons (Fsp3) is 0.160. The maximum Gasteiger partial charge on any atom is 0.307 e. The highest BCUT2D eigenvalue weighted by Gasteiger charge is 2.14. The average molecular weight is 464 g/mol. The van der Waals surface area contributed by atoms with Crippen molar-refractivity contribution < 1.29 is 34.8 Å². The Labute approximate surface area is 195 Å². The normalized spacial score (nSPS) is 10.5. The van der Waals surface area contributed by atoms with E-state index in [9.17, 15) is 29.7 Å². The number of carbonyl (C=O) groups is 3. The van der Waals surface area contributed by atoms with Gasteiger partial charge >= 0.3 is 5.97 Å². The SMILES string of the molecule is O=C(O)Cc1cccc(-c2ccccc2NC(=O)CCCNC(=O)c2cc(O)c(O)c(O)c2)c1. The summed E-state index contributed by atoms with van der Waals surface area (Å²) in [6.45, 7) is 0.174. The molecular weight excluding hydrogens is 440 g/mol. The van der Waals surface area contributed by atoms with E-state index in [0.29, 0.717) is 17.7 Å². The number of amides is 2. The largest absolute Gasteiger partial charge is 0.504 e. The number of hydrogen-bond acceptors (Lipinski definition) is 6. The van der Waals surface area contributed by atoms with Crippen molar-refractivity contribution in [2.75, 3.05) is 11.9 Å². The maximum atomic E-state index is 12.5. The molecular formula is C25H24N2O7. The van der Waals surface area contributed by atoms with E-state index < -0.39 is 29.1 Å². The van der Waals surface area contributed by atoms with Crippen LogP contribution < -0.4 is 10.6 Å². The minimum Gasteiger partial charge on any atom is -0.504 e. The highest BCUT2D eigenvalue weighted by Crippen LogP contribution is 2.35. The quantitative estimate of drug-likeness (QED) is 0.210. The number of anilines is 1. The van der Waals surface area contributed by atoms with Crippen molar-refractivity contribution in [3.63, 3.8) is 0 Å². The Bertz CT molecular complexity index is 1200. The van der Waals surface area contributed by atoms with Gasteiger partial charge < -0.3 is 31.1 Å². The standard InChI is InChI=1S/C25H24N2O7/c28-20-13-17(14-21(29)24(20)33)25(34)26-10-4-9-22(30)27-19-8-2-1-7-18(19)16-6-3-5-15(11-16)12-23(31)32/h1-3,5-8,11,13-14,28-29,33H,4,9-10,12H2,(H,26,34)(H,27,30)(H,31,32). The first-order valence-corrected chi connectivity index (χ1v) is 10.5. The van der Waals surface area contributed by atoms with Crippen molar-refractivity contribution in [3.8, 4) is 28.4 Å². The summed E-state index contributed by atoms with van der Waals surface area (Å²) in [6, 6.07) is 16.3. The van der Waals surface area contributed by atoms with E-state index in [4.69, 9.17) is 5.11 Å². The van der Waals surface area contributed by atoms with Crippen molar-refractivity contribution in [2.45, 2.75) is 19.3 Å². The van der Waals surface area contributed by atoms with Gasteiger partial charge in [-0.2, -0.15) is 0 Å². The van der Waals surface area contributed by atoms with Crippen molar-refractivity contribution in [3.05, 3.63) is 71.8 Å². The van der Waals surface area contributed by atoms with Crippen LogP contribution in [0, 0.1) is 0 Å². The van der Waals surface area contributed by atoms with Crippen LogP contribution >= 0.6 is 0 Å². The molecule has 0 bridgehead atoms. The molecule has 0 saturated heterocycles. The molecule has 6 N–H and O–H groups in total. The Morgan fingerprint density at radius 1 is 0.853 bits per heavy atom. The van der Waals surface area contributed by atoms with Crippen LogP contribution in [0.4, 0.5) is 5.69 Å². The van der Waals surface area contributed by atoms with Crippen LogP contribution in [0.5, 0.6) is 17.2 Å². The van der Waals surface area contributed by atoms with Crippen LogP contribution in [-0.4, -0.2) is 44.8 Å². The Hall–Kier alpha value is -4.53. The van der Waals surface area contributed by atoms with Crippen LogP contribution in [0.25, 0.3) is 11.1 Å². The molecule has 3 aromatic carbocycles. The summed E-state index contributed by atoms with van der Waals surface area (Å²) in [4.78, 5) is 35.6. The second kappa shape index (κ2) is 10.9. The molecule has 9 nitrogen and oxygen atoms in total. The zero-order chi connectivity index (χ0) is 24.7. The molecule has 0 unspecified atom stereocenters.